The Morgan fingerprint density at radius 1 is 1.03 bits per heavy atom. The molecule has 2 aliphatic heterocycles. The quantitative estimate of drug-likeness (QED) is 0.431. The highest BCUT2D eigenvalue weighted by atomic mass is 16.7. The van der Waals surface area contributed by atoms with Crippen LogP contribution in [0, 0.1) is 23.2 Å². The van der Waals surface area contributed by atoms with Crippen LogP contribution >= 0.6 is 0 Å². The summed E-state index contributed by atoms with van der Waals surface area (Å²) in [6.45, 7) is 4.88. The maximum absolute atomic E-state index is 6.45. The molecule has 0 radical (unpaired) electrons. The number of rotatable bonds is 5. The molecule has 5 fully saturated rings. The van der Waals surface area contributed by atoms with E-state index in [1.807, 2.05) is 0 Å². The van der Waals surface area contributed by atoms with Gasteiger partial charge in [0.25, 0.3) is 0 Å². The molecule has 1 aromatic rings. The number of ether oxygens (including phenoxy) is 4. The van der Waals surface area contributed by atoms with Crippen molar-refractivity contribution in [1.82, 2.24) is 0 Å². The Balaban J connectivity index is 1.19. The van der Waals surface area contributed by atoms with E-state index in [2.05, 4.69) is 31.2 Å². The standard InChI is InChI=1S/C31H42O4/c1-30-20-23(6-4-5-21-8-9-21)29-25-13-11-24(35-28-7-2-3-16-32-28)19-22(25)10-12-26(29)27(30)14-15-31(30)33-17-18-34-31/h5,11,13,19,23,26-29H,2-4,6-10,12,14-18,20H2,1H3/t23-,26?,27?,28?,29?,30-/m0/s1. The molecule has 0 aromatic heterocycles. The summed E-state index contributed by atoms with van der Waals surface area (Å²) in [4.78, 5) is 0. The van der Waals surface area contributed by atoms with Crippen LogP contribution in [0.15, 0.2) is 29.8 Å². The highest BCUT2D eigenvalue weighted by Gasteiger charge is 2.66. The van der Waals surface area contributed by atoms with Gasteiger partial charge in [0.05, 0.1) is 19.8 Å². The molecule has 7 rings (SSSR count). The molecule has 4 unspecified atom stereocenters. The van der Waals surface area contributed by atoms with E-state index in [0.29, 0.717) is 17.8 Å². The van der Waals surface area contributed by atoms with Crippen molar-refractivity contribution in [2.45, 2.75) is 102 Å². The van der Waals surface area contributed by atoms with E-state index >= 15 is 0 Å². The van der Waals surface area contributed by atoms with Crippen LogP contribution in [0.4, 0.5) is 0 Å². The Kier molecular flexibility index (Phi) is 5.79. The Hall–Kier alpha value is -1.36. The number of allylic oxidation sites excluding steroid dienone is 2. The van der Waals surface area contributed by atoms with Crippen molar-refractivity contribution in [2.24, 2.45) is 23.2 Å². The predicted molar refractivity (Wildman–Crippen MR) is 135 cm³/mol. The fourth-order valence-electron chi connectivity index (χ4n) is 8.83. The minimum Gasteiger partial charge on any atom is -0.465 e. The van der Waals surface area contributed by atoms with Gasteiger partial charge in [0.15, 0.2) is 12.1 Å². The molecule has 0 amide bonds. The lowest BCUT2D eigenvalue weighted by Gasteiger charge is -2.56. The molecule has 1 spiro atoms. The molecule has 6 atom stereocenters. The molecule has 6 aliphatic rings. The second kappa shape index (κ2) is 8.89. The first kappa shape index (κ1) is 22.8. The van der Waals surface area contributed by atoms with Crippen molar-refractivity contribution in [3.8, 4) is 5.75 Å². The summed E-state index contributed by atoms with van der Waals surface area (Å²) in [5, 5.41) is 0. The van der Waals surface area contributed by atoms with Crippen molar-refractivity contribution in [3.05, 3.63) is 41.0 Å². The zero-order valence-electron chi connectivity index (χ0n) is 21.4. The first-order chi connectivity index (χ1) is 17.2. The van der Waals surface area contributed by atoms with Gasteiger partial charge in [-0.15, -0.1) is 0 Å². The number of benzene rings is 1. The number of aryl methyl sites for hydroxylation is 1. The van der Waals surface area contributed by atoms with Gasteiger partial charge in [0.1, 0.15) is 5.75 Å². The maximum atomic E-state index is 6.45. The number of fused-ring (bicyclic) bond motifs is 6. The Morgan fingerprint density at radius 3 is 2.71 bits per heavy atom. The molecule has 0 bridgehead atoms. The van der Waals surface area contributed by atoms with Crippen LogP contribution in [0.25, 0.3) is 0 Å². The molecule has 4 nitrogen and oxygen atoms in total. The second-order valence-electron chi connectivity index (χ2n) is 12.4. The van der Waals surface area contributed by atoms with Gasteiger partial charge < -0.3 is 18.9 Å². The van der Waals surface area contributed by atoms with Gasteiger partial charge in [-0.2, -0.15) is 0 Å². The summed E-state index contributed by atoms with van der Waals surface area (Å²) < 4.78 is 25.0. The molecule has 190 valence electrons. The zero-order chi connectivity index (χ0) is 23.5. The first-order valence-electron chi connectivity index (χ1n) is 14.5. The fraction of sp³-hybridized carbons (Fsp3) is 0.742. The van der Waals surface area contributed by atoms with Crippen molar-refractivity contribution in [1.29, 1.82) is 0 Å². The molecule has 2 heterocycles. The maximum Gasteiger partial charge on any atom is 0.199 e. The van der Waals surface area contributed by atoms with E-state index in [1.54, 1.807) is 11.1 Å². The van der Waals surface area contributed by atoms with Crippen LogP contribution in [0.1, 0.15) is 94.6 Å². The van der Waals surface area contributed by atoms with Gasteiger partial charge in [-0.25, -0.2) is 0 Å². The molecule has 35 heavy (non-hydrogen) atoms. The smallest absolute Gasteiger partial charge is 0.199 e. The van der Waals surface area contributed by atoms with Crippen LogP contribution in [-0.4, -0.2) is 31.9 Å². The van der Waals surface area contributed by atoms with Gasteiger partial charge in [0, 0.05) is 18.3 Å². The minimum absolute atomic E-state index is 0.0715. The van der Waals surface area contributed by atoms with E-state index in [1.165, 1.54) is 56.9 Å². The first-order valence-corrected chi connectivity index (χ1v) is 14.5. The summed E-state index contributed by atoms with van der Waals surface area (Å²) in [5.41, 5.74) is 4.95. The van der Waals surface area contributed by atoms with Gasteiger partial charge in [-0.1, -0.05) is 24.6 Å². The lowest BCUT2D eigenvalue weighted by atomic mass is 9.50. The van der Waals surface area contributed by atoms with Gasteiger partial charge in [0.2, 0.25) is 0 Å². The van der Waals surface area contributed by atoms with Crippen molar-refractivity contribution < 1.29 is 18.9 Å². The topological polar surface area (TPSA) is 36.9 Å². The Bertz CT molecular complexity index is 966. The summed E-state index contributed by atoms with van der Waals surface area (Å²) in [7, 11) is 0. The largest absolute Gasteiger partial charge is 0.465 e. The average molecular weight is 479 g/mol. The molecular formula is C31H42O4. The molecule has 2 saturated heterocycles. The molecule has 4 heteroatoms. The highest BCUT2D eigenvalue weighted by molar-refractivity contribution is 5.41. The zero-order valence-corrected chi connectivity index (χ0v) is 21.4. The molecular weight excluding hydrogens is 436 g/mol. The van der Waals surface area contributed by atoms with Crippen LogP contribution in [0.2, 0.25) is 0 Å². The van der Waals surface area contributed by atoms with Crippen LogP contribution in [0.3, 0.4) is 0 Å². The average Bonchev–Trinajstić information content (AvgIpc) is 3.48. The molecule has 1 aromatic carbocycles. The molecule has 4 aliphatic carbocycles. The monoisotopic (exact) mass is 478 g/mol. The normalized spacial score (nSPS) is 39.1. The van der Waals surface area contributed by atoms with E-state index < -0.39 is 0 Å². The molecule has 0 N–H and O–H groups in total. The van der Waals surface area contributed by atoms with Crippen LogP contribution in [0.5, 0.6) is 5.75 Å². The lowest BCUT2D eigenvalue weighted by Crippen LogP contribution is -2.54. The van der Waals surface area contributed by atoms with Crippen LogP contribution in [-0.2, 0) is 20.6 Å². The van der Waals surface area contributed by atoms with Gasteiger partial charge in [-0.3, -0.25) is 0 Å². The number of hydrogen-bond acceptors (Lipinski definition) is 4. The third kappa shape index (κ3) is 3.90. The van der Waals surface area contributed by atoms with E-state index in [-0.39, 0.29) is 17.5 Å². The summed E-state index contributed by atoms with van der Waals surface area (Å²) in [5.74, 6) is 3.45. The molecule has 3 saturated carbocycles. The number of hydrogen-bond donors (Lipinski definition) is 0. The highest BCUT2D eigenvalue weighted by Crippen LogP contribution is 2.68. The van der Waals surface area contributed by atoms with Crippen molar-refractivity contribution >= 4 is 0 Å². The summed E-state index contributed by atoms with van der Waals surface area (Å²) in [6.07, 6.45) is 17.0. The van der Waals surface area contributed by atoms with E-state index in [0.717, 1.165) is 57.2 Å². The van der Waals surface area contributed by atoms with E-state index in [4.69, 9.17) is 18.9 Å². The van der Waals surface area contributed by atoms with Gasteiger partial charge in [-0.05, 0) is 111 Å². The van der Waals surface area contributed by atoms with E-state index in [9.17, 15) is 0 Å². The summed E-state index contributed by atoms with van der Waals surface area (Å²) in [6, 6.07) is 7.00. The third-order valence-corrected chi connectivity index (χ3v) is 10.5. The van der Waals surface area contributed by atoms with Gasteiger partial charge >= 0.3 is 0 Å². The Labute approximate surface area is 210 Å². The SMILES string of the molecule is C[C@]12C[C@H](CCC=C3CC3)C3c4ccc(OC5CCCCO5)cc4CCC3C1CCC21OCCO1. The lowest BCUT2D eigenvalue weighted by molar-refractivity contribution is -0.242. The van der Waals surface area contributed by atoms with Crippen molar-refractivity contribution in [2.75, 3.05) is 19.8 Å². The Morgan fingerprint density at radius 2 is 1.91 bits per heavy atom. The fourth-order valence-corrected chi connectivity index (χ4v) is 8.83. The second-order valence-corrected chi connectivity index (χ2v) is 12.4. The van der Waals surface area contributed by atoms with Crippen molar-refractivity contribution in [3.63, 3.8) is 0 Å². The summed E-state index contributed by atoms with van der Waals surface area (Å²) >= 11 is 0. The van der Waals surface area contributed by atoms with Crippen LogP contribution < -0.4 is 4.74 Å². The predicted octanol–water partition coefficient (Wildman–Crippen LogP) is 6.92. The third-order valence-electron chi connectivity index (χ3n) is 10.5. The minimum atomic E-state index is -0.326.